The fourth-order valence-corrected chi connectivity index (χ4v) is 3.30. The van der Waals surface area contributed by atoms with E-state index >= 15 is 0 Å². The molecule has 7 nitrogen and oxygen atoms in total. The Hall–Kier alpha value is -2.58. The van der Waals surface area contributed by atoms with Gasteiger partial charge in [-0.3, -0.25) is 9.36 Å². The van der Waals surface area contributed by atoms with Gasteiger partial charge < -0.3 is 15.6 Å². The second-order valence-electron chi connectivity index (χ2n) is 6.21. The Morgan fingerprint density at radius 2 is 2.23 bits per heavy atom. The molecule has 1 aliphatic heterocycles. The molecule has 26 heavy (non-hydrogen) atoms. The van der Waals surface area contributed by atoms with E-state index in [1.807, 2.05) is 19.1 Å². The van der Waals surface area contributed by atoms with Crippen LogP contribution in [0, 0.1) is 5.82 Å². The maximum Gasteiger partial charge on any atom is 0.352 e. The Kier molecular flexibility index (Phi) is 4.88. The topological polar surface area (TPSA) is 107 Å². The van der Waals surface area contributed by atoms with E-state index in [1.54, 1.807) is 12.1 Å². The van der Waals surface area contributed by atoms with Gasteiger partial charge in [-0.15, -0.1) is 0 Å². The molecule has 0 aliphatic carbocycles. The van der Waals surface area contributed by atoms with Crippen LogP contribution in [0.3, 0.4) is 0 Å². The largest absolute Gasteiger partial charge is 0.394 e. The zero-order chi connectivity index (χ0) is 18.9. The monoisotopic (exact) mass is 361 g/mol. The van der Waals surface area contributed by atoms with Crippen molar-refractivity contribution < 1.29 is 19.0 Å². The van der Waals surface area contributed by atoms with E-state index < -0.39 is 34.9 Å². The molecule has 2 heterocycles. The second-order valence-corrected chi connectivity index (χ2v) is 6.21. The molecule has 0 radical (unpaired) electrons. The smallest absolute Gasteiger partial charge is 0.352 e. The van der Waals surface area contributed by atoms with Gasteiger partial charge in [-0.1, -0.05) is 31.2 Å². The van der Waals surface area contributed by atoms with Crippen LogP contribution in [-0.2, 0) is 16.9 Å². The second kappa shape index (κ2) is 6.97. The van der Waals surface area contributed by atoms with Crippen molar-refractivity contribution in [1.29, 1.82) is 0 Å². The normalized spacial score (nSPS) is 22.5. The molecular formula is C18H20FN3O4. The van der Waals surface area contributed by atoms with Gasteiger partial charge in [0, 0.05) is 12.0 Å². The molecule has 2 atom stereocenters. The number of aromatic nitrogens is 2. The summed E-state index contributed by atoms with van der Waals surface area (Å²) in [6.07, 6.45) is 1.26. The number of anilines is 1. The number of nitrogen functional groups attached to an aromatic ring is 1. The number of aliphatic hydroxyl groups excluding tert-OH is 1. The van der Waals surface area contributed by atoms with Crippen LogP contribution in [0.4, 0.5) is 10.2 Å². The van der Waals surface area contributed by atoms with Gasteiger partial charge >= 0.3 is 5.69 Å². The number of carbonyl (C=O) groups excluding carboxylic acids is 1. The summed E-state index contributed by atoms with van der Waals surface area (Å²) in [5.41, 5.74) is 3.87. The first-order valence-corrected chi connectivity index (χ1v) is 8.39. The average Bonchev–Trinajstić information content (AvgIpc) is 3.09. The van der Waals surface area contributed by atoms with Gasteiger partial charge in [0.1, 0.15) is 0 Å². The van der Waals surface area contributed by atoms with Crippen molar-refractivity contribution in [3.8, 4) is 0 Å². The molecule has 1 saturated heterocycles. The van der Waals surface area contributed by atoms with Crippen LogP contribution in [-0.4, -0.2) is 33.2 Å². The number of rotatable bonds is 5. The highest BCUT2D eigenvalue weighted by Gasteiger charge is 2.49. The number of nitrogens with zero attached hydrogens (tertiary/aromatic N) is 2. The molecule has 1 aromatic carbocycles. The number of benzene rings is 1. The van der Waals surface area contributed by atoms with Crippen molar-refractivity contribution in [3.05, 3.63) is 57.9 Å². The molecule has 3 N–H and O–H groups in total. The predicted octanol–water partition coefficient (Wildman–Crippen LogP) is 1.23. The fraction of sp³-hybridized carbons (Fsp3) is 0.389. The van der Waals surface area contributed by atoms with Crippen LogP contribution in [0.25, 0.3) is 0 Å². The number of Topliss-reactive ketones (excluding diaryl/α,β-unsaturated/α-hetero) is 1. The number of halogens is 1. The number of ether oxygens (including phenoxy) is 1. The average molecular weight is 361 g/mol. The van der Waals surface area contributed by atoms with Crippen molar-refractivity contribution in [2.75, 3.05) is 12.3 Å². The highest BCUT2D eigenvalue weighted by molar-refractivity contribution is 6.02. The van der Waals surface area contributed by atoms with E-state index in [0.29, 0.717) is 18.4 Å². The summed E-state index contributed by atoms with van der Waals surface area (Å²) in [5, 5.41) is 9.43. The first kappa shape index (κ1) is 18.2. The zero-order valence-electron chi connectivity index (χ0n) is 14.3. The maximum absolute atomic E-state index is 14.0. The summed E-state index contributed by atoms with van der Waals surface area (Å²) in [4.78, 5) is 29.2. The number of hydrogen-bond donors (Lipinski definition) is 2. The lowest BCUT2D eigenvalue weighted by Gasteiger charge is -2.30. The molecule has 1 aliphatic rings. The van der Waals surface area contributed by atoms with E-state index in [9.17, 15) is 19.1 Å². The Morgan fingerprint density at radius 3 is 2.88 bits per heavy atom. The summed E-state index contributed by atoms with van der Waals surface area (Å²) < 4.78 is 20.7. The molecule has 2 aromatic rings. The first-order chi connectivity index (χ1) is 12.4. The lowest BCUT2D eigenvalue weighted by molar-refractivity contribution is -0.0857. The third-order valence-electron chi connectivity index (χ3n) is 4.67. The van der Waals surface area contributed by atoms with Crippen LogP contribution >= 0.6 is 0 Å². The molecule has 0 bridgehead atoms. The van der Waals surface area contributed by atoms with Gasteiger partial charge in [0.05, 0.1) is 18.9 Å². The van der Waals surface area contributed by atoms with Crippen molar-refractivity contribution >= 4 is 11.6 Å². The van der Waals surface area contributed by atoms with E-state index in [2.05, 4.69) is 4.98 Å². The lowest BCUT2D eigenvalue weighted by Crippen LogP contribution is -2.49. The van der Waals surface area contributed by atoms with Crippen molar-refractivity contribution in [2.45, 2.75) is 38.0 Å². The lowest BCUT2D eigenvalue weighted by atomic mass is 9.92. The summed E-state index contributed by atoms with van der Waals surface area (Å²) in [7, 11) is 0. The number of ketones is 1. The van der Waals surface area contributed by atoms with Crippen LogP contribution < -0.4 is 11.4 Å². The highest BCUT2D eigenvalue weighted by Crippen LogP contribution is 2.37. The first-order valence-electron chi connectivity index (χ1n) is 8.39. The van der Waals surface area contributed by atoms with Crippen LogP contribution in [0.15, 0.2) is 35.3 Å². The SMILES string of the molecule is CCc1ccccc1C(=O)[C@]1(n2cc(F)c(N)nc2=O)CC[C@@H](CO)O1. The van der Waals surface area contributed by atoms with E-state index in [4.69, 9.17) is 10.5 Å². The van der Waals surface area contributed by atoms with E-state index in [0.717, 1.165) is 16.3 Å². The fourth-order valence-electron chi connectivity index (χ4n) is 3.30. The van der Waals surface area contributed by atoms with Crippen LogP contribution in [0.1, 0.15) is 35.7 Å². The minimum Gasteiger partial charge on any atom is -0.394 e. The summed E-state index contributed by atoms with van der Waals surface area (Å²) >= 11 is 0. The molecule has 0 spiro atoms. The number of aliphatic hydroxyl groups is 1. The molecule has 3 rings (SSSR count). The van der Waals surface area contributed by atoms with Gasteiger partial charge in [-0.05, 0) is 18.4 Å². The summed E-state index contributed by atoms with van der Waals surface area (Å²) in [6.45, 7) is 1.59. The molecule has 138 valence electrons. The maximum atomic E-state index is 14.0. The van der Waals surface area contributed by atoms with Gasteiger partial charge in [0.15, 0.2) is 11.6 Å². The zero-order valence-corrected chi connectivity index (χ0v) is 14.3. The number of nitrogens with two attached hydrogens (primary N) is 1. The Balaban J connectivity index is 2.19. The Labute approximate surface area is 149 Å². The van der Waals surface area contributed by atoms with E-state index in [1.165, 1.54) is 0 Å². The number of carbonyl (C=O) groups is 1. The molecule has 1 aromatic heterocycles. The summed E-state index contributed by atoms with van der Waals surface area (Å²) in [6, 6.07) is 6.97. The van der Waals surface area contributed by atoms with Crippen molar-refractivity contribution in [1.82, 2.24) is 9.55 Å². The standard InChI is InChI=1S/C18H20FN3O4/c1-2-11-5-3-4-6-13(11)15(24)18(8-7-12(10-23)26-18)22-9-14(19)16(20)21-17(22)25/h3-6,9,12,23H,2,7-8,10H2,1H3,(H2,20,21,25)/t12-,18-/m0/s1. The van der Waals surface area contributed by atoms with Gasteiger partial charge in [-0.25, -0.2) is 9.18 Å². The number of hydrogen-bond acceptors (Lipinski definition) is 6. The van der Waals surface area contributed by atoms with Crippen LogP contribution in [0.5, 0.6) is 0 Å². The molecule has 0 amide bonds. The molecule has 8 heteroatoms. The minimum absolute atomic E-state index is 0.111. The molecule has 0 unspecified atom stereocenters. The molecule has 0 saturated carbocycles. The third kappa shape index (κ3) is 2.91. The third-order valence-corrected chi connectivity index (χ3v) is 4.67. The van der Waals surface area contributed by atoms with Crippen molar-refractivity contribution in [2.24, 2.45) is 0 Å². The van der Waals surface area contributed by atoms with Gasteiger partial charge in [0.2, 0.25) is 11.5 Å². The molecular weight excluding hydrogens is 341 g/mol. The van der Waals surface area contributed by atoms with Gasteiger partial charge in [-0.2, -0.15) is 4.98 Å². The molecule has 1 fully saturated rings. The minimum atomic E-state index is -1.77. The van der Waals surface area contributed by atoms with Crippen molar-refractivity contribution in [3.63, 3.8) is 0 Å². The van der Waals surface area contributed by atoms with E-state index in [-0.39, 0.29) is 13.0 Å². The Bertz CT molecular complexity index is 898. The van der Waals surface area contributed by atoms with Crippen LogP contribution in [0.2, 0.25) is 0 Å². The number of aryl methyl sites for hydroxylation is 1. The quantitative estimate of drug-likeness (QED) is 0.776. The Morgan fingerprint density at radius 1 is 1.50 bits per heavy atom. The highest BCUT2D eigenvalue weighted by atomic mass is 19.1. The summed E-state index contributed by atoms with van der Waals surface area (Å²) in [5.74, 6) is -1.94. The predicted molar refractivity (Wildman–Crippen MR) is 92.2 cm³/mol. The van der Waals surface area contributed by atoms with Gasteiger partial charge in [0.25, 0.3) is 0 Å².